The van der Waals surface area contributed by atoms with Gasteiger partial charge in [0.05, 0.1) is 0 Å². The molecule has 3 aromatic rings. The Kier molecular flexibility index (Phi) is 8.20. The molecule has 3 aromatic carbocycles. The van der Waals surface area contributed by atoms with Crippen LogP contribution >= 0.6 is 11.6 Å². The van der Waals surface area contributed by atoms with Gasteiger partial charge in [-0.05, 0) is 35.6 Å². The number of hydrogen-bond acceptors (Lipinski definition) is 2. The highest BCUT2D eigenvalue weighted by Gasteiger charge is 2.30. The highest BCUT2D eigenvalue weighted by Crippen LogP contribution is 2.28. The number of hydrogen-bond donors (Lipinski definition) is 0. The Balaban J connectivity index is 1.44. The number of benzene rings is 3. The standard InChI is InChI=1S/C29H33ClN2O/c1-2-3-13-29(33)32-19-18-31(22-26(32)20-23-9-5-4-6-10-23)21-24-14-16-25(17-15-24)27-11-7-8-12-28(27)30/h4-12,14-17,26H,2-3,13,18-22H2,1H3/t26-/m1/s1. The fourth-order valence-electron chi connectivity index (χ4n) is 4.67. The molecule has 4 rings (SSSR count). The summed E-state index contributed by atoms with van der Waals surface area (Å²) >= 11 is 6.37. The van der Waals surface area contributed by atoms with E-state index in [0.29, 0.717) is 12.3 Å². The van der Waals surface area contributed by atoms with Crippen molar-refractivity contribution in [2.24, 2.45) is 0 Å². The van der Waals surface area contributed by atoms with Gasteiger partial charge in [-0.15, -0.1) is 0 Å². The van der Waals surface area contributed by atoms with Gasteiger partial charge in [-0.1, -0.05) is 97.7 Å². The van der Waals surface area contributed by atoms with Gasteiger partial charge in [-0.3, -0.25) is 9.69 Å². The predicted molar refractivity (Wildman–Crippen MR) is 137 cm³/mol. The van der Waals surface area contributed by atoms with Gasteiger partial charge >= 0.3 is 0 Å². The predicted octanol–water partition coefficient (Wildman–Crippen LogP) is 6.45. The summed E-state index contributed by atoms with van der Waals surface area (Å²) in [5, 5.41) is 0.776. The minimum Gasteiger partial charge on any atom is -0.337 e. The molecule has 33 heavy (non-hydrogen) atoms. The number of nitrogens with zero attached hydrogens (tertiary/aromatic N) is 2. The number of rotatable bonds is 8. The summed E-state index contributed by atoms with van der Waals surface area (Å²) in [5.41, 5.74) is 4.78. The van der Waals surface area contributed by atoms with Crippen molar-refractivity contribution in [2.45, 2.75) is 45.2 Å². The van der Waals surface area contributed by atoms with Crippen molar-refractivity contribution >= 4 is 17.5 Å². The number of amides is 1. The van der Waals surface area contributed by atoms with E-state index in [9.17, 15) is 4.79 Å². The molecule has 4 heteroatoms. The molecule has 3 nitrogen and oxygen atoms in total. The molecule has 1 fully saturated rings. The Labute approximate surface area is 203 Å². The molecular formula is C29H33ClN2O. The molecule has 0 aliphatic carbocycles. The van der Waals surface area contributed by atoms with Crippen molar-refractivity contribution < 1.29 is 4.79 Å². The van der Waals surface area contributed by atoms with E-state index in [-0.39, 0.29) is 6.04 Å². The van der Waals surface area contributed by atoms with Crippen LogP contribution in [0.15, 0.2) is 78.9 Å². The van der Waals surface area contributed by atoms with Crippen LogP contribution in [-0.4, -0.2) is 41.4 Å². The zero-order valence-corrected chi connectivity index (χ0v) is 20.2. The van der Waals surface area contributed by atoms with E-state index in [4.69, 9.17) is 11.6 Å². The van der Waals surface area contributed by atoms with Gasteiger partial charge in [-0.2, -0.15) is 0 Å². The number of halogens is 1. The molecule has 0 bridgehead atoms. The SMILES string of the molecule is CCCCC(=O)N1CCN(Cc2ccc(-c3ccccc3Cl)cc2)C[C@H]1Cc1ccccc1. The molecule has 1 aliphatic rings. The third-order valence-electron chi connectivity index (χ3n) is 6.49. The summed E-state index contributed by atoms with van der Waals surface area (Å²) < 4.78 is 0. The van der Waals surface area contributed by atoms with Gasteiger partial charge in [-0.25, -0.2) is 0 Å². The Hall–Kier alpha value is -2.62. The topological polar surface area (TPSA) is 23.6 Å². The number of carbonyl (C=O) groups is 1. The first-order chi connectivity index (χ1) is 16.1. The molecule has 0 radical (unpaired) electrons. The van der Waals surface area contributed by atoms with E-state index >= 15 is 0 Å². The van der Waals surface area contributed by atoms with Crippen molar-refractivity contribution in [1.29, 1.82) is 0 Å². The van der Waals surface area contributed by atoms with Gasteiger partial charge in [0.1, 0.15) is 0 Å². The van der Waals surface area contributed by atoms with Crippen LogP contribution in [0.4, 0.5) is 0 Å². The Bertz CT molecular complexity index is 1040. The summed E-state index contributed by atoms with van der Waals surface area (Å²) in [7, 11) is 0. The Morgan fingerprint density at radius 1 is 0.909 bits per heavy atom. The summed E-state index contributed by atoms with van der Waals surface area (Å²) in [4.78, 5) is 17.5. The van der Waals surface area contributed by atoms with Crippen LogP contribution < -0.4 is 0 Å². The van der Waals surface area contributed by atoms with Gasteiger partial charge in [0.25, 0.3) is 0 Å². The zero-order valence-electron chi connectivity index (χ0n) is 19.4. The molecule has 172 valence electrons. The van der Waals surface area contributed by atoms with Crippen LogP contribution in [0.3, 0.4) is 0 Å². The second-order valence-electron chi connectivity index (χ2n) is 8.95. The van der Waals surface area contributed by atoms with Crippen molar-refractivity contribution in [3.8, 4) is 11.1 Å². The van der Waals surface area contributed by atoms with E-state index in [1.165, 1.54) is 11.1 Å². The maximum atomic E-state index is 12.9. The fourth-order valence-corrected chi connectivity index (χ4v) is 4.91. The maximum Gasteiger partial charge on any atom is 0.222 e. The minimum atomic E-state index is 0.216. The lowest BCUT2D eigenvalue weighted by Gasteiger charge is -2.42. The first kappa shape index (κ1) is 23.5. The largest absolute Gasteiger partial charge is 0.337 e. The molecule has 1 amide bonds. The van der Waals surface area contributed by atoms with Crippen molar-refractivity contribution in [2.75, 3.05) is 19.6 Å². The van der Waals surface area contributed by atoms with Crippen LogP contribution in [0, 0.1) is 0 Å². The first-order valence-electron chi connectivity index (χ1n) is 12.0. The van der Waals surface area contributed by atoms with Crippen LogP contribution in [0.5, 0.6) is 0 Å². The monoisotopic (exact) mass is 460 g/mol. The number of unbranched alkanes of at least 4 members (excludes halogenated alkanes) is 1. The highest BCUT2D eigenvalue weighted by atomic mass is 35.5. The molecule has 0 N–H and O–H groups in total. The smallest absolute Gasteiger partial charge is 0.222 e. The molecule has 1 saturated heterocycles. The van der Waals surface area contributed by atoms with E-state index in [2.05, 4.69) is 71.3 Å². The Morgan fingerprint density at radius 3 is 2.36 bits per heavy atom. The lowest BCUT2D eigenvalue weighted by atomic mass is 10.00. The fraction of sp³-hybridized carbons (Fsp3) is 0.345. The third-order valence-corrected chi connectivity index (χ3v) is 6.82. The second kappa shape index (κ2) is 11.5. The molecule has 1 atom stereocenters. The molecule has 1 aliphatic heterocycles. The summed E-state index contributed by atoms with van der Waals surface area (Å²) in [5.74, 6) is 0.307. The Morgan fingerprint density at radius 2 is 1.64 bits per heavy atom. The van der Waals surface area contributed by atoms with Crippen LogP contribution in [0.25, 0.3) is 11.1 Å². The third kappa shape index (κ3) is 6.25. The number of piperazine rings is 1. The van der Waals surface area contributed by atoms with Crippen LogP contribution in [0.2, 0.25) is 5.02 Å². The summed E-state index contributed by atoms with van der Waals surface area (Å²) in [6.45, 7) is 5.65. The van der Waals surface area contributed by atoms with E-state index in [1.807, 2.05) is 24.3 Å². The van der Waals surface area contributed by atoms with Crippen molar-refractivity contribution in [3.05, 3.63) is 95.0 Å². The quantitative estimate of drug-likeness (QED) is 0.385. The van der Waals surface area contributed by atoms with Crippen LogP contribution in [0.1, 0.15) is 37.3 Å². The normalized spacial score (nSPS) is 16.7. The second-order valence-corrected chi connectivity index (χ2v) is 9.35. The van der Waals surface area contributed by atoms with Gasteiger partial charge < -0.3 is 4.90 Å². The summed E-state index contributed by atoms with van der Waals surface area (Å²) in [6.07, 6.45) is 3.58. The zero-order chi connectivity index (χ0) is 23.0. The van der Waals surface area contributed by atoms with Gasteiger partial charge in [0.2, 0.25) is 5.91 Å². The van der Waals surface area contributed by atoms with Gasteiger partial charge in [0.15, 0.2) is 0 Å². The lowest BCUT2D eigenvalue weighted by molar-refractivity contribution is -0.136. The average molecular weight is 461 g/mol. The molecule has 0 aromatic heterocycles. The van der Waals surface area contributed by atoms with Gasteiger partial charge in [0, 0.05) is 49.2 Å². The van der Waals surface area contributed by atoms with Crippen molar-refractivity contribution in [3.63, 3.8) is 0 Å². The average Bonchev–Trinajstić information content (AvgIpc) is 2.84. The van der Waals surface area contributed by atoms with Crippen LogP contribution in [-0.2, 0) is 17.8 Å². The van der Waals surface area contributed by atoms with E-state index < -0.39 is 0 Å². The minimum absolute atomic E-state index is 0.216. The maximum absolute atomic E-state index is 12.9. The lowest BCUT2D eigenvalue weighted by Crippen LogP contribution is -2.55. The number of carbonyl (C=O) groups excluding carboxylic acids is 1. The molecular weight excluding hydrogens is 428 g/mol. The van der Waals surface area contributed by atoms with E-state index in [1.54, 1.807) is 0 Å². The van der Waals surface area contributed by atoms with E-state index in [0.717, 1.165) is 61.6 Å². The molecule has 0 unspecified atom stereocenters. The van der Waals surface area contributed by atoms with Crippen molar-refractivity contribution in [1.82, 2.24) is 9.80 Å². The molecule has 1 heterocycles. The highest BCUT2D eigenvalue weighted by molar-refractivity contribution is 6.33. The summed E-state index contributed by atoms with van der Waals surface area (Å²) in [6, 6.07) is 27.4. The molecule has 0 spiro atoms. The first-order valence-corrected chi connectivity index (χ1v) is 12.4. The molecule has 0 saturated carbocycles.